The molecule has 0 atom stereocenters. The van der Waals surface area contributed by atoms with Gasteiger partial charge in [0.1, 0.15) is 12.1 Å². The Bertz CT molecular complexity index is 1320. The van der Waals surface area contributed by atoms with Crippen LogP contribution < -0.4 is 10.6 Å². The third-order valence-electron chi connectivity index (χ3n) is 4.63. The number of fused-ring (bicyclic) bond motifs is 1. The number of hydrogen-bond acceptors (Lipinski definition) is 5. The minimum atomic E-state index is -0.341. The third-order valence-corrected chi connectivity index (χ3v) is 5.01. The molecule has 1 heterocycles. The summed E-state index contributed by atoms with van der Waals surface area (Å²) in [5.74, 6) is 0.134. The van der Waals surface area contributed by atoms with Gasteiger partial charge in [-0.3, -0.25) is 9.59 Å². The van der Waals surface area contributed by atoms with Gasteiger partial charge in [-0.15, -0.1) is 0 Å². The molecule has 0 spiro atoms. The molecule has 0 unspecified atom stereocenters. The average Bonchev–Trinajstić information content (AvgIpc) is 2.80. The first-order chi connectivity index (χ1) is 15.5. The molecule has 4 rings (SSSR count). The molecule has 3 aromatic carbocycles. The van der Waals surface area contributed by atoms with Crippen LogP contribution in [0.25, 0.3) is 10.9 Å². The fraction of sp³-hybridized carbons (Fsp3) is 0. The van der Waals surface area contributed by atoms with Crippen molar-refractivity contribution in [2.45, 2.75) is 0 Å². The van der Waals surface area contributed by atoms with Crippen molar-refractivity contribution in [1.29, 1.82) is 0 Å². The number of benzene rings is 3. The Kier molecular flexibility index (Phi) is 6.44. The first kappa shape index (κ1) is 21.5. The molecule has 8 heteroatoms. The van der Waals surface area contributed by atoms with E-state index in [0.29, 0.717) is 33.2 Å². The van der Waals surface area contributed by atoms with Crippen LogP contribution in [0.15, 0.2) is 84.7 Å². The molecule has 4 aromatic rings. The van der Waals surface area contributed by atoms with E-state index in [1.54, 1.807) is 66.7 Å². The van der Waals surface area contributed by atoms with Gasteiger partial charge in [0.15, 0.2) is 5.78 Å². The Morgan fingerprint density at radius 1 is 0.844 bits per heavy atom. The molecule has 0 bridgehead atoms. The summed E-state index contributed by atoms with van der Waals surface area (Å²) >= 11 is 11.3. The molecular formula is C24H16Cl2N4O2. The fourth-order valence-corrected chi connectivity index (χ4v) is 3.33. The second kappa shape index (κ2) is 9.60. The highest BCUT2D eigenvalue weighted by Crippen LogP contribution is 2.26. The zero-order valence-corrected chi connectivity index (χ0v) is 18.1. The second-order valence-corrected chi connectivity index (χ2v) is 7.46. The van der Waals surface area contributed by atoms with E-state index in [4.69, 9.17) is 23.2 Å². The van der Waals surface area contributed by atoms with Crippen LogP contribution in [0.3, 0.4) is 0 Å². The van der Waals surface area contributed by atoms with Crippen LogP contribution in [0.4, 0.5) is 17.2 Å². The minimum absolute atomic E-state index is 0.0907. The summed E-state index contributed by atoms with van der Waals surface area (Å²) in [6.45, 7) is 0. The van der Waals surface area contributed by atoms with E-state index < -0.39 is 0 Å². The van der Waals surface area contributed by atoms with Gasteiger partial charge in [0.2, 0.25) is 5.91 Å². The smallest absolute Gasteiger partial charge is 0.249 e. The van der Waals surface area contributed by atoms with E-state index >= 15 is 0 Å². The van der Waals surface area contributed by atoms with E-state index in [-0.39, 0.29) is 11.7 Å². The molecule has 0 aliphatic heterocycles. The minimum Gasteiger partial charge on any atom is -0.340 e. The normalized spacial score (nSPS) is 10.9. The lowest BCUT2D eigenvalue weighted by Gasteiger charge is -2.10. The third kappa shape index (κ3) is 4.94. The molecule has 0 saturated heterocycles. The quantitative estimate of drug-likeness (QED) is 0.273. The lowest BCUT2D eigenvalue weighted by atomic mass is 10.0. The van der Waals surface area contributed by atoms with Gasteiger partial charge in [0, 0.05) is 44.5 Å². The Balaban J connectivity index is 1.56. The van der Waals surface area contributed by atoms with Crippen LogP contribution in [-0.2, 0) is 4.79 Å². The van der Waals surface area contributed by atoms with Crippen LogP contribution >= 0.6 is 23.2 Å². The number of carbonyl (C=O) groups is 2. The summed E-state index contributed by atoms with van der Waals surface area (Å²) in [4.78, 5) is 33.0. The van der Waals surface area contributed by atoms with Crippen LogP contribution in [0.2, 0.25) is 5.02 Å². The van der Waals surface area contributed by atoms with Crippen molar-refractivity contribution in [2.75, 3.05) is 10.6 Å². The van der Waals surface area contributed by atoms with Crippen molar-refractivity contribution in [3.63, 3.8) is 0 Å². The number of amides is 1. The number of halogens is 2. The van der Waals surface area contributed by atoms with E-state index in [9.17, 15) is 9.59 Å². The monoisotopic (exact) mass is 462 g/mol. The Labute approximate surface area is 193 Å². The van der Waals surface area contributed by atoms with Crippen molar-refractivity contribution in [3.05, 3.63) is 101 Å². The molecule has 0 aliphatic carbocycles. The highest BCUT2D eigenvalue weighted by Gasteiger charge is 2.10. The standard InChI is InChI=1S/C24H16Cl2N4O2/c25-12-11-22(31)29-19-9-10-21-20(13-19)24(28-14-27-21)30-18-7-3-16(4-8-18)23(32)15-1-5-17(26)6-2-15/h1-14H,(H,29,31)(H,27,28,30)/b12-11+. The van der Waals surface area contributed by atoms with Gasteiger partial charge < -0.3 is 10.6 Å². The van der Waals surface area contributed by atoms with Gasteiger partial charge in [0.25, 0.3) is 0 Å². The molecule has 158 valence electrons. The Morgan fingerprint density at radius 2 is 1.50 bits per heavy atom. The highest BCUT2D eigenvalue weighted by molar-refractivity contribution is 6.30. The predicted molar refractivity (Wildman–Crippen MR) is 128 cm³/mol. The maximum atomic E-state index is 12.6. The number of nitrogens with one attached hydrogen (secondary N) is 2. The van der Waals surface area contributed by atoms with E-state index in [1.165, 1.54) is 12.4 Å². The zero-order chi connectivity index (χ0) is 22.5. The van der Waals surface area contributed by atoms with Gasteiger partial charge in [-0.05, 0) is 66.7 Å². The Hall–Kier alpha value is -3.74. The van der Waals surface area contributed by atoms with Crippen LogP contribution in [0.1, 0.15) is 15.9 Å². The molecule has 0 fully saturated rings. The van der Waals surface area contributed by atoms with E-state index in [0.717, 1.165) is 16.6 Å². The molecule has 0 aliphatic rings. The van der Waals surface area contributed by atoms with Crippen molar-refractivity contribution >= 4 is 63.0 Å². The lowest BCUT2D eigenvalue weighted by molar-refractivity contribution is -0.111. The first-order valence-corrected chi connectivity index (χ1v) is 10.3. The molecular weight excluding hydrogens is 447 g/mol. The van der Waals surface area contributed by atoms with Crippen molar-refractivity contribution in [1.82, 2.24) is 9.97 Å². The van der Waals surface area contributed by atoms with Gasteiger partial charge in [0.05, 0.1) is 5.52 Å². The van der Waals surface area contributed by atoms with Gasteiger partial charge in [-0.25, -0.2) is 9.97 Å². The number of aromatic nitrogens is 2. The molecule has 32 heavy (non-hydrogen) atoms. The maximum Gasteiger partial charge on any atom is 0.249 e. The van der Waals surface area contributed by atoms with Gasteiger partial charge in [-0.1, -0.05) is 23.2 Å². The Morgan fingerprint density at radius 3 is 2.19 bits per heavy atom. The molecule has 1 aromatic heterocycles. The SMILES string of the molecule is O=C(/C=C/Cl)Nc1ccc2ncnc(Nc3ccc(C(=O)c4ccc(Cl)cc4)cc3)c2c1. The fourth-order valence-electron chi connectivity index (χ4n) is 3.08. The van der Waals surface area contributed by atoms with Crippen molar-refractivity contribution in [3.8, 4) is 0 Å². The first-order valence-electron chi connectivity index (χ1n) is 9.53. The summed E-state index contributed by atoms with van der Waals surface area (Å²) in [5, 5.41) is 7.27. The second-order valence-electron chi connectivity index (χ2n) is 6.77. The summed E-state index contributed by atoms with van der Waals surface area (Å²) in [6, 6.07) is 19.2. The average molecular weight is 463 g/mol. The maximum absolute atomic E-state index is 12.6. The molecule has 2 N–H and O–H groups in total. The van der Waals surface area contributed by atoms with Crippen LogP contribution in [-0.4, -0.2) is 21.7 Å². The van der Waals surface area contributed by atoms with Gasteiger partial charge >= 0.3 is 0 Å². The number of rotatable bonds is 6. The molecule has 0 radical (unpaired) electrons. The number of ketones is 1. The summed E-state index contributed by atoms with van der Waals surface area (Å²) < 4.78 is 0. The van der Waals surface area contributed by atoms with E-state index in [1.807, 2.05) is 0 Å². The summed E-state index contributed by atoms with van der Waals surface area (Å²) in [5.41, 5.74) is 4.31. The molecule has 1 amide bonds. The molecule has 0 saturated carbocycles. The topological polar surface area (TPSA) is 84.0 Å². The predicted octanol–water partition coefficient (Wildman–Crippen LogP) is 5.95. The van der Waals surface area contributed by atoms with Crippen molar-refractivity contribution < 1.29 is 9.59 Å². The number of anilines is 3. The van der Waals surface area contributed by atoms with Crippen LogP contribution in [0, 0.1) is 0 Å². The zero-order valence-electron chi connectivity index (χ0n) is 16.5. The number of nitrogens with zero attached hydrogens (tertiary/aromatic N) is 2. The lowest BCUT2D eigenvalue weighted by Crippen LogP contribution is -2.07. The summed E-state index contributed by atoms with van der Waals surface area (Å²) in [7, 11) is 0. The highest BCUT2D eigenvalue weighted by atomic mass is 35.5. The van der Waals surface area contributed by atoms with E-state index in [2.05, 4.69) is 20.6 Å². The van der Waals surface area contributed by atoms with Crippen molar-refractivity contribution in [2.24, 2.45) is 0 Å². The van der Waals surface area contributed by atoms with Crippen LogP contribution in [0.5, 0.6) is 0 Å². The largest absolute Gasteiger partial charge is 0.340 e. The number of carbonyl (C=O) groups excluding carboxylic acids is 2. The van der Waals surface area contributed by atoms with Gasteiger partial charge in [-0.2, -0.15) is 0 Å². The number of hydrogen-bond donors (Lipinski definition) is 2. The molecule has 6 nitrogen and oxygen atoms in total. The summed E-state index contributed by atoms with van der Waals surface area (Å²) in [6.07, 6.45) is 2.68.